The predicted molar refractivity (Wildman–Crippen MR) is 69.2 cm³/mol. The summed E-state index contributed by atoms with van der Waals surface area (Å²) in [4.78, 5) is 2.44. The molecule has 2 nitrogen and oxygen atoms in total. The van der Waals surface area contributed by atoms with Crippen LogP contribution in [0.2, 0.25) is 10.0 Å². The van der Waals surface area contributed by atoms with Gasteiger partial charge in [-0.05, 0) is 30.3 Å². The topological polar surface area (TPSA) is 15.3 Å². The highest BCUT2D eigenvalue weighted by Gasteiger charge is 2.23. The first kappa shape index (κ1) is 12.2. The van der Waals surface area contributed by atoms with Crippen molar-refractivity contribution in [2.24, 2.45) is 0 Å². The Balaban J connectivity index is 2.05. The van der Waals surface area contributed by atoms with Crippen molar-refractivity contribution in [1.82, 2.24) is 10.2 Å². The maximum Gasteiger partial charge on any atom is 0.0424 e. The summed E-state index contributed by atoms with van der Waals surface area (Å²) in [6.45, 7) is 6.33. The summed E-state index contributed by atoms with van der Waals surface area (Å²) in [6, 6.07) is 6.40. The maximum absolute atomic E-state index is 5.99. The molecule has 88 valence electrons. The Morgan fingerprint density at radius 2 is 1.88 bits per heavy atom. The molecule has 1 aromatic carbocycles. The lowest BCUT2D eigenvalue weighted by atomic mass is 10.1. The first-order valence-corrected chi connectivity index (χ1v) is 6.34. The van der Waals surface area contributed by atoms with Crippen LogP contribution in [0.4, 0.5) is 0 Å². The Kier molecular flexibility index (Phi) is 4.09. The number of nitrogens with one attached hydrogen (secondary N) is 1. The second-order valence-electron chi connectivity index (χ2n) is 4.15. The van der Waals surface area contributed by atoms with Gasteiger partial charge in [0.1, 0.15) is 0 Å². The van der Waals surface area contributed by atoms with Crippen molar-refractivity contribution in [2.75, 3.05) is 19.6 Å². The molecule has 1 aliphatic heterocycles. The molecule has 1 heterocycles. The smallest absolute Gasteiger partial charge is 0.0424 e. The molecule has 2 rings (SSSR count). The molecule has 16 heavy (non-hydrogen) atoms. The highest BCUT2D eigenvalue weighted by Crippen LogP contribution is 2.21. The van der Waals surface area contributed by atoms with E-state index in [-0.39, 0.29) is 0 Å². The van der Waals surface area contributed by atoms with E-state index < -0.39 is 0 Å². The molecule has 4 heteroatoms. The Morgan fingerprint density at radius 1 is 1.25 bits per heavy atom. The number of nitrogens with zero attached hydrogens (tertiary/aromatic N) is 1. The van der Waals surface area contributed by atoms with Crippen molar-refractivity contribution in [2.45, 2.75) is 19.5 Å². The quantitative estimate of drug-likeness (QED) is 0.894. The van der Waals surface area contributed by atoms with Gasteiger partial charge in [-0.2, -0.15) is 0 Å². The third-order valence-electron chi connectivity index (χ3n) is 2.99. The molecule has 0 aromatic heterocycles. The molecule has 0 spiro atoms. The third kappa shape index (κ3) is 2.89. The normalized spacial score (nSPS) is 16.5. The van der Waals surface area contributed by atoms with E-state index in [1.165, 1.54) is 5.56 Å². The first-order valence-electron chi connectivity index (χ1n) is 5.58. The summed E-state index contributed by atoms with van der Waals surface area (Å²) in [5, 5.41) is 4.72. The van der Waals surface area contributed by atoms with Crippen LogP contribution >= 0.6 is 23.2 Å². The van der Waals surface area contributed by atoms with Gasteiger partial charge in [-0.1, -0.05) is 30.1 Å². The molecule has 1 aliphatic rings. The molecule has 0 saturated carbocycles. The van der Waals surface area contributed by atoms with Crippen molar-refractivity contribution in [3.8, 4) is 0 Å². The number of halogens is 2. The van der Waals surface area contributed by atoms with Crippen LogP contribution in [0.25, 0.3) is 0 Å². The van der Waals surface area contributed by atoms with E-state index in [2.05, 4.69) is 17.1 Å². The Hall–Kier alpha value is -0.280. The minimum absolute atomic E-state index is 0.655. The number of likely N-dealkylation sites (N-methyl/N-ethyl adjacent to an activating group) is 1. The fraction of sp³-hybridized carbons (Fsp3) is 0.500. The van der Waals surface area contributed by atoms with Crippen molar-refractivity contribution in [3.05, 3.63) is 33.8 Å². The van der Waals surface area contributed by atoms with E-state index in [0.717, 1.165) is 26.2 Å². The Bertz CT molecular complexity index is 344. The fourth-order valence-corrected chi connectivity index (χ4v) is 2.54. The van der Waals surface area contributed by atoms with Crippen molar-refractivity contribution >= 4 is 23.2 Å². The fourth-order valence-electron chi connectivity index (χ4n) is 1.97. The van der Waals surface area contributed by atoms with E-state index in [1.54, 1.807) is 6.07 Å². The van der Waals surface area contributed by atoms with E-state index in [1.807, 2.05) is 12.1 Å². The average Bonchev–Trinajstić information content (AvgIpc) is 2.12. The molecule has 1 aromatic rings. The lowest BCUT2D eigenvalue weighted by Gasteiger charge is -2.37. The highest BCUT2D eigenvalue weighted by atomic mass is 35.5. The van der Waals surface area contributed by atoms with Gasteiger partial charge in [0.05, 0.1) is 0 Å². The van der Waals surface area contributed by atoms with Crippen molar-refractivity contribution < 1.29 is 0 Å². The number of hydrogen-bond donors (Lipinski definition) is 1. The standard InChI is InChI=1S/C12H16Cl2N2/c1-2-16(12-6-15-7-12)8-9-3-10(13)5-11(14)4-9/h3-5,12,15H,2,6-8H2,1H3. The van der Waals surface area contributed by atoms with Gasteiger partial charge < -0.3 is 5.32 Å². The first-order chi connectivity index (χ1) is 7.69. The van der Waals surface area contributed by atoms with Gasteiger partial charge in [-0.3, -0.25) is 4.90 Å². The van der Waals surface area contributed by atoms with Crippen LogP contribution < -0.4 is 5.32 Å². The van der Waals surface area contributed by atoms with Gasteiger partial charge in [0.2, 0.25) is 0 Å². The number of hydrogen-bond acceptors (Lipinski definition) is 2. The summed E-state index contributed by atoms with van der Waals surface area (Å²) in [5.74, 6) is 0. The van der Waals surface area contributed by atoms with Crippen LogP contribution in [-0.4, -0.2) is 30.6 Å². The molecule has 0 amide bonds. The second-order valence-corrected chi connectivity index (χ2v) is 5.03. The molecule has 0 aliphatic carbocycles. The van der Waals surface area contributed by atoms with Gasteiger partial charge in [0.25, 0.3) is 0 Å². The van der Waals surface area contributed by atoms with E-state index in [4.69, 9.17) is 23.2 Å². The second kappa shape index (κ2) is 5.37. The predicted octanol–water partition coefficient (Wildman–Crippen LogP) is 2.79. The summed E-state index contributed by atoms with van der Waals surface area (Å²) in [5.41, 5.74) is 1.19. The van der Waals surface area contributed by atoms with Crippen LogP contribution in [-0.2, 0) is 6.54 Å². The van der Waals surface area contributed by atoms with Gasteiger partial charge in [-0.25, -0.2) is 0 Å². The minimum atomic E-state index is 0.655. The molecular weight excluding hydrogens is 243 g/mol. The van der Waals surface area contributed by atoms with E-state index in [9.17, 15) is 0 Å². The van der Waals surface area contributed by atoms with Crippen LogP contribution in [0, 0.1) is 0 Å². The third-order valence-corrected chi connectivity index (χ3v) is 3.43. The molecule has 0 atom stereocenters. The lowest BCUT2D eigenvalue weighted by Crippen LogP contribution is -2.56. The van der Waals surface area contributed by atoms with Gasteiger partial charge in [-0.15, -0.1) is 0 Å². The van der Waals surface area contributed by atoms with Gasteiger partial charge in [0, 0.05) is 35.7 Å². The number of rotatable bonds is 4. The summed E-state index contributed by atoms with van der Waals surface area (Å²) in [7, 11) is 0. The molecule has 0 radical (unpaired) electrons. The summed E-state index contributed by atoms with van der Waals surface area (Å²) >= 11 is 12.0. The minimum Gasteiger partial charge on any atom is -0.314 e. The lowest BCUT2D eigenvalue weighted by molar-refractivity contribution is 0.145. The van der Waals surface area contributed by atoms with Crippen molar-refractivity contribution in [3.63, 3.8) is 0 Å². The Morgan fingerprint density at radius 3 is 2.31 bits per heavy atom. The molecular formula is C12H16Cl2N2. The van der Waals surface area contributed by atoms with Crippen LogP contribution in [0.1, 0.15) is 12.5 Å². The summed E-state index contributed by atoms with van der Waals surface area (Å²) in [6.07, 6.45) is 0. The van der Waals surface area contributed by atoms with E-state index in [0.29, 0.717) is 16.1 Å². The van der Waals surface area contributed by atoms with Crippen molar-refractivity contribution in [1.29, 1.82) is 0 Å². The number of benzene rings is 1. The molecule has 0 unspecified atom stereocenters. The molecule has 0 bridgehead atoms. The maximum atomic E-state index is 5.99. The SMILES string of the molecule is CCN(Cc1cc(Cl)cc(Cl)c1)C1CNC1. The molecule has 1 saturated heterocycles. The van der Waals surface area contributed by atoms with E-state index >= 15 is 0 Å². The highest BCUT2D eigenvalue weighted by molar-refractivity contribution is 6.34. The van der Waals surface area contributed by atoms with Gasteiger partial charge >= 0.3 is 0 Å². The largest absolute Gasteiger partial charge is 0.314 e. The van der Waals surface area contributed by atoms with Crippen LogP contribution in [0.3, 0.4) is 0 Å². The monoisotopic (exact) mass is 258 g/mol. The van der Waals surface area contributed by atoms with Crippen LogP contribution in [0.15, 0.2) is 18.2 Å². The Labute approximate surface area is 107 Å². The zero-order chi connectivity index (χ0) is 11.5. The van der Waals surface area contributed by atoms with Crippen LogP contribution in [0.5, 0.6) is 0 Å². The van der Waals surface area contributed by atoms with Gasteiger partial charge in [0.15, 0.2) is 0 Å². The molecule has 1 fully saturated rings. The zero-order valence-electron chi connectivity index (χ0n) is 9.34. The molecule has 1 N–H and O–H groups in total. The summed E-state index contributed by atoms with van der Waals surface area (Å²) < 4.78 is 0. The zero-order valence-corrected chi connectivity index (χ0v) is 10.9. The average molecular weight is 259 g/mol.